The Balaban J connectivity index is 1.47. The largest absolute Gasteiger partial charge is 0.486 e. The van der Waals surface area contributed by atoms with Gasteiger partial charge in [-0.1, -0.05) is 6.07 Å². The molecule has 0 radical (unpaired) electrons. The molecule has 2 aliphatic heterocycles. The first kappa shape index (κ1) is 14.4. The van der Waals surface area contributed by atoms with Crippen molar-refractivity contribution in [1.82, 2.24) is 10.2 Å². The number of amides is 2. The molecule has 6 heteroatoms. The molecule has 114 valence electrons. The lowest BCUT2D eigenvalue weighted by molar-refractivity contribution is 0.171. The summed E-state index contributed by atoms with van der Waals surface area (Å²) in [6.45, 7) is 3.54. The van der Waals surface area contributed by atoms with Gasteiger partial charge in [0, 0.05) is 31.1 Å². The Morgan fingerprint density at radius 1 is 1.19 bits per heavy atom. The standard InChI is InChI=1S/C15H20N2O3S/c18-15(17-5-9-21-10-6-17)16-4-3-12-1-2-13-14(11-12)20-8-7-19-13/h1-2,11H,3-10H2,(H,16,18). The number of hydrogen-bond donors (Lipinski definition) is 1. The van der Waals surface area contributed by atoms with Gasteiger partial charge in [0.1, 0.15) is 13.2 Å². The molecular weight excluding hydrogens is 288 g/mol. The van der Waals surface area contributed by atoms with Gasteiger partial charge in [-0.25, -0.2) is 4.79 Å². The van der Waals surface area contributed by atoms with Crippen molar-refractivity contribution in [2.24, 2.45) is 0 Å². The number of fused-ring (bicyclic) bond motifs is 1. The van der Waals surface area contributed by atoms with E-state index < -0.39 is 0 Å². The third-order valence-corrected chi connectivity index (χ3v) is 4.54. The molecule has 2 amide bonds. The second-order valence-electron chi connectivity index (χ2n) is 5.06. The number of nitrogens with one attached hydrogen (secondary N) is 1. The molecule has 2 aliphatic rings. The lowest BCUT2D eigenvalue weighted by atomic mass is 10.1. The molecule has 1 saturated heterocycles. The van der Waals surface area contributed by atoms with E-state index in [4.69, 9.17) is 9.47 Å². The summed E-state index contributed by atoms with van der Waals surface area (Å²) in [6, 6.07) is 6.01. The highest BCUT2D eigenvalue weighted by Gasteiger charge is 2.16. The third kappa shape index (κ3) is 3.75. The molecule has 0 saturated carbocycles. The van der Waals surface area contributed by atoms with Crippen LogP contribution in [0.5, 0.6) is 11.5 Å². The summed E-state index contributed by atoms with van der Waals surface area (Å²) in [4.78, 5) is 13.9. The Hall–Kier alpha value is -1.56. The van der Waals surface area contributed by atoms with Gasteiger partial charge in [-0.2, -0.15) is 11.8 Å². The number of carbonyl (C=O) groups is 1. The zero-order valence-corrected chi connectivity index (χ0v) is 12.8. The van der Waals surface area contributed by atoms with Gasteiger partial charge in [-0.3, -0.25) is 0 Å². The van der Waals surface area contributed by atoms with Crippen LogP contribution in [-0.4, -0.2) is 55.3 Å². The van der Waals surface area contributed by atoms with E-state index in [0.29, 0.717) is 19.8 Å². The van der Waals surface area contributed by atoms with Crippen molar-refractivity contribution in [1.29, 1.82) is 0 Å². The van der Waals surface area contributed by atoms with Crippen molar-refractivity contribution in [3.05, 3.63) is 23.8 Å². The van der Waals surface area contributed by atoms with Gasteiger partial charge in [0.2, 0.25) is 0 Å². The molecule has 0 aromatic heterocycles. The second kappa shape index (κ2) is 6.93. The van der Waals surface area contributed by atoms with E-state index in [0.717, 1.165) is 48.1 Å². The molecule has 2 heterocycles. The van der Waals surface area contributed by atoms with Gasteiger partial charge in [-0.15, -0.1) is 0 Å². The van der Waals surface area contributed by atoms with E-state index in [1.807, 2.05) is 34.9 Å². The van der Waals surface area contributed by atoms with Crippen molar-refractivity contribution in [2.75, 3.05) is 44.4 Å². The lowest BCUT2D eigenvalue weighted by Gasteiger charge is -2.26. The Morgan fingerprint density at radius 3 is 2.76 bits per heavy atom. The summed E-state index contributed by atoms with van der Waals surface area (Å²) in [7, 11) is 0. The molecule has 0 unspecified atom stereocenters. The SMILES string of the molecule is O=C(NCCc1ccc2c(c1)OCCO2)N1CCSCC1. The first-order valence-corrected chi connectivity index (χ1v) is 8.47. The van der Waals surface area contributed by atoms with Crippen LogP contribution in [-0.2, 0) is 6.42 Å². The highest BCUT2D eigenvalue weighted by atomic mass is 32.2. The molecule has 0 bridgehead atoms. The van der Waals surface area contributed by atoms with E-state index >= 15 is 0 Å². The molecule has 0 spiro atoms. The quantitative estimate of drug-likeness (QED) is 0.924. The fourth-order valence-electron chi connectivity index (χ4n) is 2.44. The zero-order chi connectivity index (χ0) is 14.5. The molecule has 1 N–H and O–H groups in total. The fourth-order valence-corrected chi connectivity index (χ4v) is 3.34. The normalized spacial score (nSPS) is 17.4. The van der Waals surface area contributed by atoms with Gasteiger partial charge in [0.15, 0.2) is 11.5 Å². The fraction of sp³-hybridized carbons (Fsp3) is 0.533. The van der Waals surface area contributed by atoms with Crippen molar-refractivity contribution in [2.45, 2.75) is 6.42 Å². The van der Waals surface area contributed by atoms with Crippen molar-refractivity contribution in [3.8, 4) is 11.5 Å². The van der Waals surface area contributed by atoms with E-state index in [9.17, 15) is 4.79 Å². The molecule has 1 aromatic rings. The molecule has 5 nitrogen and oxygen atoms in total. The Kier molecular flexibility index (Phi) is 4.75. The molecule has 1 fully saturated rings. The number of thioether (sulfide) groups is 1. The average molecular weight is 308 g/mol. The highest BCUT2D eigenvalue weighted by Crippen LogP contribution is 2.30. The minimum atomic E-state index is 0.0489. The first-order chi connectivity index (χ1) is 10.3. The summed E-state index contributed by atoms with van der Waals surface area (Å²) in [5, 5.41) is 2.99. The maximum Gasteiger partial charge on any atom is 0.317 e. The van der Waals surface area contributed by atoms with Crippen LogP contribution in [0.1, 0.15) is 5.56 Å². The van der Waals surface area contributed by atoms with E-state index in [1.165, 1.54) is 0 Å². The van der Waals surface area contributed by atoms with Crippen LogP contribution < -0.4 is 14.8 Å². The second-order valence-corrected chi connectivity index (χ2v) is 6.28. The number of hydrogen-bond acceptors (Lipinski definition) is 4. The van der Waals surface area contributed by atoms with E-state index in [2.05, 4.69) is 5.32 Å². The Morgan fingerprint density at radius 2 is 1.95 bits per heavy atom. The van der Waals surface area contributed by atoms with E-state index in [-0.39, 0.29) is 6.03 Å². The summed E-state index contributed by atoms with van der Waals surface area (Å²) in [5.74, 6) is 3.68. The molecule has 21 heavy (non-hydrogen) atoms. The maximum absolute atomic E-state index is 12.0. The molecule has 3 rings (SSSR count). The van der Waals surface area contributed by atoms with Crippen molar-refractivity contribution < 1.29 is 14.3 Å². The van der Waals surface area contributed by atoms with Crippen LogP contribution in [0.25, 0.3) is 0 Å². The Bertz CT molecular complexity index is 504. The van der Waals surface area contributed by atoms with Gasteiger partial charge in [-0.05, 0) is 24.1 Å². The summed E-state index contributed by atoms with van der Waals surface area (Å²) in [5.41, 5.74) is 1.15. The predicted octanol–water partition coefficient (Wildman–Crippen LogP) is 1.76. The molecular formula is C15H20N2O3S. The van der Waals surface area contributed by atoms with E-state index in [1.54, 1.807) is 0 Å². The van der Waals surface area contributed by atoms with Gasteiger partial charge in [0.05, 0.1) is 0 Å². The third-order valence-electron chi connectivity index (χ3n) is 3.59. The number of urea groups is 1. The lowest BCUT2D eigenvalue weighted by Crippen LogP contribution is -2.44. The minimum Gasteiger partial charge on any atom is -0.486 e. The summed E-state index contributed by atoms with van der Waals surface area (Å²) < 4.78 is 11.1. The number of ether oxygens (including phenoxy) is 2. The first-order valence-electron chi connectivity index (χ1n) is 7.32. The summed E-state index contributed by atoms with van der Waals surface area (Å²) in [6.07, 6.45) is 0.797. The molecule has 0 atom stereocenters. The highest BCUT2D eigenvalue weighted by molar-refractivity contribution is 7.99. The van der Waals surface area contributed by atoms with Crippen molar-refractivity contribution >= 4 is 17.8 Å². The number of rotatable bonds is 3. The van der Waals surface area contributed by atoms with Crippen molar-refractivity contribution in [3.63, 3.8) is 0 Å². The number of nitrogens with zero attached hydrogens (tertiary/aromatic N) is 1. The Labute approximate surface area is 129 Å². The predicted molar refractivity (Wildman–Crippen MR) is 83.4 cm³/mol. The smallest absolute Gasteiger partial charge is 0.317 e. The minimum absolute atomic E-state index is 0.0489. The number of benzene rings is 1. The molecule has 1 aromatic carbocycles. The van der Waals surface area contributed by atoms with Crippen LogP contribution in [0.4, 0.5) is 4.79 Å². The van der Waals surface area contributed by atoms with Crippen LogP contribution in [0.15, 0.2) is 18.2 Å². The van der Waals surface area contributed by atoms with Crippen LogP contribution in [0.3, 0.4) is 0 Å². The van der Waals surface area contributed by atoms with Crippen LogP contribution >= 0.6 is 11.8 Å². The number of carbonyl (C=O) groups excluding carboxylic acids is 1. The van der Waals surface area contributed by atoms with Gasteiger partial charge >= 0.3 is 6.03 Å². The van der Waals surface area contributed by atoms with Crippen LogP contribution in [0.2, 0.25) is 0 Å². The maximum atomic E-state index is 12.0. The monoisotopic (exact) mass is 308 g/mol. The molecule has 0 aliphatic carbocycles. The van der Waals surface area contributed by atoms with Gasteiger partial charge in [0.25, 0.3) is 0 Å². The average Bonchev–Trinajstić information content (AvgIpc) is 2.55. The topological polar surface area (TPSA) is 50.8 Å². The zero-order valence-electron chi connectivity index (χ0n) is 12.0. The summed E-state index contributed by atoms with van der Waals surface area (Å²) >= 11 is 1.90. The van der Waals surface area contributed by atoms with Crippen LogP contribution in [0, 0.1) is 0 Å². The van der Waals surface area contributed by atoms with Gasteiger partial charge < -0.3 is 19.7 Å².